The van der Waals surface area contributed by atoms with Crippen molar-refractivity contribution in [2.45, 2.75) is 6.42 Å². The maximum absolute atomic E-state index is 5.15. The molecule has 0 atom stereocenters. The van der Waals surface area contributed by atoms with E-state index < -0.39 is 0 Å². The molecule has 2 aromatic carbocycles. The van der Waals surface area contributed by atoms with Crippen molar-refractivity contribution in [3.05, 3.63) is 59.8 Å². The van der Waals surface area contributed by atoms with Crippen molar-refractivity contribution in [3.8, 4) is 5.75 Å². The lowest BCUT2D eigenvalue weighted by Gasteiger charge is -2.02. The van der Waals surface area contributed by atoms with Crippen molar-refractivity contribution in [1.82, 2.24) is 4.37 Å². The molecule has 0 saturated heterocycles. The van der Waals surface area contributed by atoms with E-state index in [2.05, 4.69) is 28.6 Å². The molecule has 3 rings (SSSR count). The summed E-state index contributed by atoms with van der Waals surface area (Å²) in [5, 5.41) is 1.14. The summed E-state index contributed by atoms with van der Waals surface area (Å²) < 4.78 is 10.9. The van der Waals surface area contributed by atoms with Gasteiger partial charge in [0.05, 0.1) is 17.5 Å². The molecule has 0 amide bonds. The van der Waals surface area contributed by atoms with Gasteiger partial charge in [-0.05, 0) is 41.4 Å². The van der Waals surface area contributed by atoms with Gasteiger partial charge in [-0.25, -0.2) is 0 Å². The molecule has 0 aliphatic rings. The Hall–Kier alpha value is -1.87. The molecule has 0 fully saturated rings. The molecular weight excluding hydrogens is 242 g/mol. The summed E-state index contributed by atoms with van der Waals surface area (Å²) in [5.41, 5.74) is 2.33. The first-order valence-corrected chi connectivity index (χ1v) is 6.52. The summed E-state index contributed by atoms with van der Waals surface area (Å²) in [6.07, 6.45) is 0.838. The summed E-state index contributed by atoms with van der Waals surface area (Å²) in [4.78, 5) is 0. The third-order valence-electron chi connectivity index (χ3n) is 2.89. The topological polar surface area (TPSA) is 22.1 Å². The number of methoxy groups -OCH3 is 1. The van der Waals surface area contributed by atoms with Gasteiger partial charge >= 0.3 is 0 Å². The summed E-state index contributed by atoms with van der Waals surface area (Å²) in [6, 6.07) is 17.4. The SMILES string of the molecule is COc1ccc(Cc2nsc3ccc[c]c23)cc1. The molecule has 89 valence electrons. The second-order valence-electron chi connectivity index (χ2n) is 4.06. The zero-order chi connectivity index (χ0) is 12.4. The summed E-state index contributed by atoms with van der Waals surface area (Å²) in [6.45, 7) is 0. The number of fused-ring (bicyclic) bond motifs is 1. The molecule has 1 heterocycles. The van der Waals surface area contributed by atoms with E-state index in [4.69, 9.17) is 4.74 Å². The molecule has 3 aromatic rings. The largest absolute Gasteiger partial charge is 0.497 e. The summed E-state index contributed by atoms with van der Waals surface area (Å²) in [7, 11) is 1.68. The minimum Gasteiger partial charge on any atom is -0.497 e. The number of aromatic nitrogens is 1. The van der Waals surface area contributed by atoms with Crippen LogP contribution in [0.5, 0.6) is 5.75 Å². The normalized spacial score (nSPS) is 10.7. The molecule has 0 aliphatic heterocycles. The lowest BCUT2D eigenvalue weighted by molar-refractivity contribution is 0.414. The van der Waals surface area contributed by atoms with Crippen LogP contribution in [-0.2, 0) is 6.42 Å². The molecule has 1 aromatic heterocycles. The maximum Gasteiger partial charge on any atom is 0.118 e. The van der Waals surface area contributed by atoms with Gasteiger partial charge in [-0.1, -0.05) is 24.3 Å². The number of ether oxygens (including phenoxy) is 1. The van der Waals surface area contributed by atoms with E-state index in [1.165, 1.54) is 21.8 Å². The van der Waals surface area contributed by atoms with Gasteiger partial charge in [0.25, 0.3) is 0 Å². The molecule has 0 bridgehead atoms. The van der Waals surface area contributed by atoms with E-state index in [-0.39, 0.29) is 0 Å². The van der Waals surface area contributed by atoms with Crippen molar-refractivity contribution in [1.29, 1.82) is 0 Å². The zero-order valence-corrected chi connectivity index (χ0v) is 10.8. The number of hydrogen-bond donors (Lipinski definition) is 0. The van der Waals surface area contributed by atoms with Crippen LogP contribution in [0.1, 0.15) is 11.3 Å². The number of nitrogens with zero attached hydrogens (tertiary/aromatic N) is 1. The van der Waals surface area contributed by atoms with Crippen LogP contribution >= 0.6 is 11.5 Å². The van der Waals surface area contributed by atoms with Crippen molar-refractivity contribution < 1.29 is 4.74 Å². The number of benzene rings is 2. The lowest BCUT2D eigenvalue weighted by Crippen LogP contribution is -1.89. The van der Waals surface area contributed by atoms with Gasteiger partial charge in [-0.2, -0.15) is 4.37 Å². The second kappa shape index (κ2) is 4.78. The van der Waals surface area contributed by atoms with Crippen molar-refractivity contribution in [3.63, 3.8) is 0 Å². The highest BCUT2D eigenvalue weighted by Crippen LogP contribution is 2.24. The first-order valence-electron chi connectivity index (χ1n) is 5.75. The van der Waals surface area contributed by atoms with E-state index >= 15 is 0 Å². The van der Waals surface area contributed by atoms with Crippen LogP contribution in [0.3, 0.4) is 0 Å². The second-order valence-corrected chi connectivity index (χ2v) is 4.87. The van der Waals surface area contributed by atoms with Crippen molar-refractivity contribution in [2.75, 3.05) is 7.11 Å². The van der Waals surface area contributed by atoms with Crippen LogP contribution in [0, 0.1) is 6.07 Å². The molecule has 0 spiro atoms. The van der Waals surface area contributed by atoms with Gasteiger partial charge in [-0.15, -0.1) is 0 Å². The van der Waals surface area contributed by atoms with Crippen LogP contribution in [0.15, 0.2) is 42.5 Å². The van der Waals surface area contributed by atoms with Crippen molar-refractivity contribution >= 4 is 21.6 Å². The van der Waals surface area contributed by atoms with Gasteiger partial charge in [0, 0.05) is 11.8 Å². The van der Waals surface area contributed by atoms with Gasteiger partial charge in [-0.3, -0.25) is 0 Å². The van der Waals surface area contributed by atoms with Gasteiger partial charge < -0.3 is 4.74 Å². The Morgan fingerprint density at radius 1 is 1.22 bits per heavy atom. The third-order valence-corrected chi connectivity index (χ3v) is 3.74. The van der Waals surface area contributed by atoms with E-state index in [1.807, 2.05) is 24.3 Å². The monoisotopic (exact) mass is 254 g/mol. The average molecular weight is 254 g/mol. The van der Waals surface area contributed by atoms with E-state index in [1.54, 1.807) is 7.11 Å². The smallest absolute Gasteiger partial charge is 0.118 e. The Kier molecular flexibility index (Phi) is 2.99. The Morgan fingerprint density at radius 2 is 2.06 bits per heavy atom. The highest BCUT2D eigenvalue weighted by atomic mass is 32.1. The first-order chi connectivity index (χ1) is 8.86. The molecule has 0 unspecified atom stereocenters. The molecule has 0 saturated carbocycles. The molecule has 0 aliphatic carbocycles. The van der Waals surface area contributed by atoms with Gasteiger partial charge in [0.1, 0.15) is 5.75 Å². The molecule has 3 heteroatoms. The fraction of sp³-hybridized carbons (Fsp3) is 0.133. The summed E-state index contributed by atoms with van der Waals surface area (Å²) in [5.74, 6) is 0.883. The van der Waals surface area contributed by atoms with E-state index in [9.17, 15) is 0 Å². The minimum atomic E-state index is 0.838. The Morgan fingerprint density at radius 3 is 2.83 bits per heavy atom. The van der Waals surface area contributed by atoms with Crippen molar-refractivity contribution in [2.24, 2.45) is 0 Å². The Balaban J connectivity index is 1.91. The molecule has 0 N–H and O–H groups in total. The fourth-order valence-corrected chi connectivity index (χ4v) is 2.70. The predicted octanol–water partition coefficient (Wildman–Crippen LogP) is 3.70. The zero-order valence-electron chi connectivity index (χ0n) is 10.0. The predicted molar refractivity (Wildman–Crippen MR) is 74.3 cm³/mol. The first kappa shape index (κ1) is 11.2. The van der Waals surface area contributed by atoms with Crippen LogP contribution in [0.4, 0.5) is 0 Å². The number of hydrogen-bond acceptors (Lipinski definition) is 3. The Labute approximate surface area is 110 Å². The quantitative estimate of drug-likeness (QED) is 0.711. The van der Waals surface area contributed by atoms with Crippen LogP contribution in [0.2, 0.25) is 0 Å². The molecule has 1 radical (unpaired) electrons. The van der Waals surface area contributed by atoms with Crippen LogP contribution in [-0.4, -0.2) is 11.5 Å². The fourth-order valence-electron chi connectivity index (χ4n) is 1.93. The highest BCUT2D eigenvalue weighted by Gasteiger charge is 2.06. The minimum absolute atomic E-state index is 0.838. The highest BCUT2D eigenvalue weighted by molar-refractivity contribution is 7.13. The van der Waals surface area contributed by atoms with Gasteiger partial charge in [0.2, 0.25) is 0 Å². The standard InChI is InChI=1S/C15H12NOS/c1-17-12-8-6-11(7-9-12)10-14-13-4-2-3-5-15(13)18-16-14/h2-3,5-9H,10H2,1H3. The van der Waals surface area contributed by atoms with E-state index in [0.29, 0.717) is 0 Å². The van der Waals surface area contributed by atoms with Gasteiger partial charge in [0.15, 0.2) is 0 Å². The number of rotatable bonds is 3. The molecule has 2 nitrogen and oxygen atoms in total. The van der Waals surface area contributed by atoms with E-state index in [0.717, 1.165) is 23.3 Å². The lowest BCUT2D eigenvalue weighted by atomic mass is 10.1. The Bertz CT molecular complexity index is 658. The summed E-state index contributed by atoms with van der Waals surface area (Å²) >= 11 is 1.53. The maximum atomic E-state index is 5.15. The third kappa shape index (κ3) is 2.09. The average Bonchev–Trinajstić information content (AvgIpc) is 2.83. The molecule has 18 heavy (non-hydrogen) atoms. The molecular formula is C15H12NOS. The van der Waals surface area contributed by atoms with Crippen LogP contribution in [0.25, 0.3) is 10.1 Å². The van der Waals surface area contributed by atoms with Crippen LogP contribution < -0.4 is 4.74 Å².